The average molecular weight is 565 g/mol. The number of carbonyl (C=O) groups excluding carboxylic acids is 1. The van der Waals surface area contributed by atoms with Gasteiger partial charge in [0.1, 0.15) is 5.82 Å². The average Bonchev–Trinajstić information content (AvgIpc) is 3.24. The van der Waals surface area contributed by atoms with Crippen molar-refractivity contribution in [2.24, 2.45) is 0 Å². The van der Waals surface area contributed by atoms with Gasteiger partial charge < -0.3 is 5.32 Å². The maximum atomic E-state index is 13.5. The van der Waals surface area contributed by atoms with Gasteiger partial charge in [0.25, 0.3) is 5.91 Å². The SMILES string of the molecule is O=C(NCc1nnc(SCc2cccc(C(F)(F)F)c2)n1-c1ccc(Br)cc1)c1cccc(F)c1. The summed E-state index contributed by atoms with van der Waals surface area (Å²) in [6.07, 6.45) is -4.43. The van der Waals surface area contributed by atoms with Gasteiger partial charge in [0.05, 0.1) is 12.1 Å². The fraction of sp³-hybridized carbons (Fsp3) is 0.125. The fourth-order valence-corrected chi connectivity index (χ4v) is 4.41. The molecule has 0 aliphatic carbocycles. The van der Waals surface area contributed by atoms with Gasteiger partial charge >= 0.3 is 6.18 Å². The lowest BCUT2D eigenvalue weighted by Crippen LogP contribution is -2.24. The Balaban J connectivity index is 1.57. The zero-order valence-electron chi connectivity index (χ0n) is 17.9. The lowest BCUT2D eigenvalue weighted by Gasteiger charge is -2.12. The van der Waals surface area contributed by atoms with Crippen LogP contribution in [0.25, 0.3) is 5.69 Å². The topological polar surface area (TPSA) is 59.8 Å². The summed E-state index contributed by atoms with van der Waals surface area (Å²) in [6, 6.07) is 17.7. The van der Waals surface area contributed by atoms with Gasteiger partial charge in [-0.15, -0.1) is 10.2 Å². The minimum atomic E-state index is -4.43. The first-order valence-corrected chi connectivity index (χ1v) is 12.0. The summed E-state index contributed by atoms with van der Waals surface area (Å²) in [6.45, 7) is 0.00251. The number of thioether (sulfide) groups is 1. The van der Waals surface area contributed by atoms with Crippen molar-refractivity contribution in [3.05, 3.63) is 106 Å². The Morgan fingerprint density at radius 2 is 1.74 bits per heavy atom. The number of amides is 1. The predicted octanol–water partition coefficient (Wildman–Crippen LogP) is 6.41. The van der Waals surface area contributed by atoms with Gasteiger partial charge in [-0.3, -0.25) is 9.36 Å². The van der Waals surface area contributed by atoms with Crippen molar-refractivity contribution in [2.45, 2.75) is 23.6 Å². The summed E-state index contributed by atoms with van der Waals surface area (Å²) in [5, 5.41) is 11.5. The van der Waals surface area contributed by atoms with Crippen LogP contribution in [0.4, 0.5) is 17.6 Å². The van der Waals surface area contributed by atoms with Crippen LogP contribution < -0.4 is 5.32 Å². The molecule has 0 unspecified atom stereocenters. The quantitative estimate of drug-likeness (QED) is 0.208. The summed E-state index contributed by atoms with van der Waals surface area (Å²) in [5.74, 6) is -0.366. The number of nitrogens with one attached hydrogen (secondary N) is 1. The highest BCUT2D eigenvalue weighted by molar-refractivity contribution is 9.10. The molecule has 180 valence electrons. The van der Waals surface area contributed by atoms with E-state index in [1.807, 2.05) is 24.3 Å². The van der Waals surface area contributed by atoms with Crippen molar-refractivity contribution in [1.29, 1.82) is 0 Å². The first-order chi connectivity index (χ1) is 16.7. The van der Waals surface area contributed by atoms with Crippen LogP contribution in [0.3, 0.4) is 0 Å². The van der Waals surface area contributed by atoms with Crippen molar-refractivity contribution in [2.75, 3.05) is 0 Å². The Bertz CT molecular complexity index is 1340. The molecule has 4 rings (SSSR count). The predicted molar refractivity (Wildman–Crippen MR) is 128 cm³/mol. The second-order valence-corrected chi connectivity index (χ2v) is 9.25. The summed E-state index contributed by atoms with van der Waals surface area (Å²) in [5.41, 5.74) is 0.639. The first-order valence-electron chi connectivity index (χ1n) is 10.2. The van der Waals surface area contributed by atoms with E-state index in [2.05, 4.69) is 31.4 Å². The van der Waals surface area contributed by atoms with E-state index in [1.54, 1.807) is 10.6 Å². The lowest BCUT2D eigenvalue weighted by molar-refractivity contribution is -0.137. The van der Waals surface area contributed by atoms with Gasteiger partial charge in [-0.25, -0.2) is 4.39 Å². The number of carbonyl (C=O) groups is 1. The maximum absolute atomic E-state index is 13.5. The van der Waals surface area contributed by atoms with Gasteiger partial charge in [-0.05, 0) is 54.1 Å². The zero-order valence-corrected chi connectivity index (χ0v) is 20.3. The summed E-state index contributed by atoms with van der Waals surface area (Å²) in [4.78, 5) is 12.5. The van der Waals surface area contributed by atoms with Gasteiger partial charge in [0.15, 0.2) is 11.0 Å². The van der Waals surface area contributed by atoms with E-state index < -0.39 is 23.5 Å². The molecule has 0 spiro atoms. The van der Waals surface area contributed by atoms with Gasteiger partial charge in [0, 0.05) is 21.5 Å². The fourth-order valence-electron chi connectivity index (χ4n) is 3.23. The Labute approximate surface area is 210 Å². The number of nitrogens with zero attached hydrogens (tertiary/aromatic N) is 3. The van der Waals surface area contributed by atoms with Crippen LogP contribution in [0.1, 0.15) is 27.3 Å². The Hall–Kier alpha value is -3.18. The minimum absolute atomic E-state index is 0.00251. The summed E-state index contributed by atoms with van der Waals surface area (Å²) < 4.78 is 55.2. The molecule has 0 atom stereocenters. The van der Waals surface area contributed by atoms with Crippen molar-refractivity contribution in [3.63, 3.8) is 0 Å². The number of benzene rings is 3. The van der Waals surface area contributed by atoms with Crippen molar-refractivity contribution in [1.82, 2.24) is 20.1 Å². The van der Waals surface area contributed by atoms with E-state index in [9.17, 15) is 22.4 Å². The standard InChI is InChI=1S/C24H17BrF4N4OS/c25-18-7-9-20(10-8-18)33-21(13-30-22(34)16-4-2-6-19(26)12-16)31-32-23(33)35-14-15-3-1-5-17(11-15)24(27,28)29/h1-12H,13-14H2,(H,30,34). The molecule has 0 aliphatic heterocycles. The van der Waals surface area contributed by atoms with Gasteiger partial charge in [0.2, 0.25) is 0 Å². The van der Waals surface area contributed by atoms with Crippen LogP contribution in [0, 0.1) is 5.82 Å². The van der Waals surface area contributed by atoms with Gasteiger partial charge in [-0.2, -0.15) is 13.2 Å². The molecule has 1 N–H and O–H groups in total. The zero-order chi connectivity index (χ0) is 25.0. The maximum Gasteiger partial charge on any atom is 0.416 e. The normalized spacial score (nSPS) is 11.5. The van der Waals surface area contributed by atoms with E-state index in [-0.39, 0.29) is 17.9 Å². The van der Waals surface area contributed by atoms with E-state index in [0.29, 0.717) is 22.2 Å². The van der Waals surface area contributed by atoms with Crippen molar-refractivity contribution in [3.8, 4) is 5.69 Å². The second kappa shape index (κ2) is 10.6. The molecule has 1 aromatic heterocycles. The number of hydrogen-bond donors (Lipinski definition) is 1. The Morgan fingerprint density at radius 3 is 2.46 bits per heavy atom. The Kier molecular flexibility index (Phi) is 7.56. The molecule has 35 heavy (non-hydrogen) atoms. The third kappa shape index (κ3) is 6.29. The van der Waals surface area contributed by atoms with Crippen LogP contribution in [-0.4, -0.2) is 20.7 Å². The summed E-state index contributed by atoms with van der Waals surface area (Å²) >= 11 is 4.61. The molecular formula is C24H17BrF4N4OS. The monoisotopic (exact) mass is 564 g/mol. The van der Waals surface area contributed by atoms with E-state index in [1.165, 1.54) is 36.0 Å². The molecule has 11 heteroatoms. The third-order valence-corrected chi connectivity index (χ3v) is 6.43. The van der Waals surface area contributed by atoms with Crippen molar-refractivity contribution < 1.29 is 22.4 Å². The summed E-state index contributed by atoms with van der Waals surface area (Å²) in [7, 11) is 0. The Morgan fingerprint density at radius 1 is 1.00 bits per heavy atom. The highest BCUT2D eigenvalue weighted by Gasteiger charge is 2.30. The number of aromatic nitrogens is 3. The minimum Gasteiger partial charge on any atom is -0.345 e. The number of alkyl halides is 3. The molecule has 0 saturated heterocycles. The van der Waals surface area contributed by atoms with Crippen molar-refractivity contribution >= 4 is 33.6 Å². The molecule has 0 saturated carbocycles. The molecule has 4 aromatic rings. The largest absolute Gasteiger partial charge is 0.416 e. The van der Waals surface area contributed by atoms with Crippen LogP contribution in [0.2, 0.25) is 0 Å². The van der Waals surface area contributed by atoms with E-state index in [4.69, 9.17) is 0 Å². The van der Waals surface area contributed by atoms with E-state index in [0.717, 1.165) is 22.7 Å². The lowest BCUT2D eigenvalue weighted by atomic mass is 10.1. The second-order valence-electron chi connectivity index (χ2n) is 7.39. The van der Waals surface area contributed by atoms with Crippen LogP contribution in [-0.2, 0) is 18.5 Å². The third-order valence-electron chi connectivity index (χ3n) is 4.90. The molecular weight excluding hydrogens is 548 g/mol. The first kappa shape index (κ1) is 24.9. The number of hydrogen-bond acceptors (Lipinski definition) is 4. The van der Waals surface area contributed by atoms with Crippen LogP contribution in [0.15, 0.2) is 82.4 Å². The van der Waals surface area contributed by atoms with E-state index >= 15 is 0 Å². The molecule has 1 heterocycles. The molecule has 0 fully saturated rings. The molecule has 1 amide bonds. The highest BCUT2D eigenvalue weighted by Crippen LogP contribution is 2.31. The molecule has 0 radical (unpaired) electrons. The van der Waals surface area contributed by atoms with Crippen LogP contribution in [0.5, 0.6) is 0 Å². The molecule has 3 aromatic carbocycles. The van der Waals surface area contributed by atoms with Gasteiger partial charge in [-0.1, -0.05) is 52.0 Å². The molecule has 0 aliphatic rings. The number of halogens is 5. The highest BCUT2D eigenvalue weighted by atomic mass is 79.9. The smallest absolute Gasteiger partial charge is 0.345 e. The van der Waals surface area contributed by atoms with Crippen LogP contribution >= 0.6 is 27.7 Å². The number of rotatable bonds is 7. The molecule has 0 bridgehead atoms. The molecule has 5 nitrogen and oxygen atoms in total.